The molecule has 4 heteroatoms. The summed E-state index contributed by atoms with van der Waals surface area (Å²) in [5, 5.41) is 4.20. The van der Waals surface area contributed by atoms with Crippen LogP contribution in [0.2, 0.25) is 5.02 Å². The molecule has 1 N–H and O–H groups in total. The van der Waals surface area contributed by atoms with Crippen LogP contribution in [0.1, 0.15) is 39.2 Å². The van der Waals surface area contributed by atoms with Crippen LogP contribution in [0.4, 0.5) is 0 Å². The third-order valence-corrected chi connectivity index (χ3v) is 4.03. The normalized spacial score (nSPS) is 14.4. The molecule has 0 aromatic heterocycles. The second-order valence-electron chi connectivity index (χ2n) is 5.86. The van der Waals surface area contributed by atoms with Crippen molar-refractivity contribution in [2.24, 2.45) is 0 Å². The lowest BCUT2D eigenvalue weighted by Gasteiger charge is -2.29. The second-order valence-corrected chi connectivity index (χ2v) is 6.27. The largest absolute Gasteiger partial charge is 0.486 e. The molecule has 1 aromatic carbocycles. The van der Waals surface area contributed by atoms with Crippen LogP contribution in [0.25, 0.3) is 0 Å². The maximum Gasteiger partial charge on any atom is 0.162 e. The third-order valence-electron chi connectivity index (χ3n) is 3.71. The molecular weight excluding hydrogens is 274 g/mol. The molecule has 0 saturated carbocycles. The molecule has 1 aromatic rings. The Labute approximate surface area is 126 Å². The zero-order chi connectivity index (χ0) is 14.6. The van der Waals surface area contributed by atoms with Crippen molar-refractivity contribution in [2.75, 3.05) is 26.3 Å². The summed E-state index contributed by atoms with van der Waals surface area (Å²) in [6, 6.07) is 3.92. The number of benzene rings is 1. The molecule has 2 rings (SSSR count). The van der Waals surface area contributed by atoms with Crippen LogP contribution in [-0.4, -0.2) is 26.3 Å². The molecule has 3 nitrogen and oxygen atoms in total. The Bertz CT molecular complexity index is 460. The number of rotatable bonds is 6. The summed E-state index contributed by atoms with van der Waals surface area (Å²) in [7, 11) is 0. The fourth-order valence-corrected chi connectivity index (χ4v) is 2.83. The van der Waals surface area contributed by atoms with Crippen LogP contribution in [-0.2, 0) is 5.41 Å². The lowest BCUT2D eigenvalue weighted by molar-refractivity contribution is 0.171. The van der Waals surface area contributed by atoms with Gasteiger partial charge in [-0.05, 0) is 43.0 Å². The molecule has 0 bridgehead atoms. The number of hydrogen-bond donors (Lipinski definition) is 1. The first kappa shape index (κ1) is 15.5. The van der Waals surface area contributed by atoms with E-state index < -0.39 is 0 Å². The van der Waals surface area contributed by atoms with E-state index in [1.165, 1.54) is 0 Å². The first-order valence-electron chi connectivity index (χ1n) is 7.35. The van der Waals surface area contributed by atoms with Crippen LogP contribution in [0.3, 0.4) is 0 Å². The standard InChI is InChI=1S/C16H24ClNO2/c1-4-6-18-7-5-16(2,3)12-10-14-15(11-13(12)17)20-9-8-19-14/h10-11,18H,4-9H2,1-3H3. The Hall–Kier alpha value is -0.930. The molecule has 1 heterocycles. The maximum absolute atomic E-state index is 6.43. The molecule has 20 heavy (non-hydrogen) atoms. The van der Waals surface area contributed by atoms with Gasteiger partial charge < -0.3 is 14.8 Å². The molecule has 0 fully saturated rings. The molecule has 1 aliphatic heterocycles. The van der Waals surface area contributed by atoms with Crippen LogP contribution in [0.15, 0.2) is 12.1 Å². The predicted octanol–water partition coefficient (Wildman–Crippen LogP) is 3.78. The Morgan fingerprint density at radius 1 is 1.15 bits per heavy atom. The molecule has 0 spiro atoms. The fourth-order valence-electron chi connectivity index (χ4n) is 2.42. The van der Waals surface area contributed by atoms with E-state index in [1.807, 2.05) is 12.1 Å². The Balaban J connectivity index is 2.13. The Kier molecular flexibility index (Phi) is 5.17. The topological polar surface area (TPSA) is 30.5 Å². The van der Waals surface area contributed by atoms with Gasteiger partial charge in [0.2, 0.25) is 0 Å². The minimum atomic E-state index is 0.00760. The van der Waals surface area contributed by atoms with Gasteiger partial charge in [-0.1, -0.05) is 32.4 Å². The van der Waals surface area contributed by atoms with Crippen molar-refractivity contribution < 1.29 is 9.47 Å². The van der Waals surface area contributed by atoms with E-state index in [1.54, 1.807) is 0 Å². The molecule has 112 valence electrons. The number of hydrogen-bond acceptors (Lipinski definition) is 3. The molecule has 0 unspecified atom stereocenters. The molecule has 0 radical (unpaired) electrons. The first-order valence-corrected chi connectivity index (χ1v) is 7.73. The average molecular weight is 298 g/mol. The van der Waals surface area contributed by atoms with Gasteiger partial charge in [-0.3, -0.25) is 0 Å². The lowest BCUT2D eigenvalue weighted by Crippen LogP contribution is -2.26. The summed E-state index contributed by atoms with van der Waals surface area (Å²) in [5.41, 5.74) is 1.13. The molecule has 1 aliphatic rings. The highest BCUT2D eigenvalue weighted by Gasteiger charge is 2.26. The predicted molar refractivity (Wildman–Crippen MR) is 83.2 cm³/mol. The SMILES string of the molecule is CCCNCCC(C)(C)c1cc2c(cc1Cl)OCCO2. The minimum absolute atomic E-state index is 0.00760. The van der Waals surface area contributed by atoms with Crippen molar-refractivity contribution in [2.45, 2.75) is 39.0 Å². The highest BCUT2D eigenvalue weighted by Crippen LogP contribution is 2.41. The van der Waals surface area contributed by atoms with E-state index in [0.717, 1.165) is 48.0 Å². The van der Waals surface area contributed by atoms with Crippen molar-refractivity contribution in [1.82, 2.24) is 5.32 Å². The van der Waals surface area contributed by atoms with E-state index in [-0.39, 0.29) is 5.41 Å². The van der Waals surface area contributed by atoms with Gasteiger partial charge in [-0.25, -0.2) is 0 Å². The van der Waals surface area contributed by atoms with E-state index in [2.05, 4.69) is 26.1 Å². The highest BCUT2D eigenvalue weighted by molar-refractivity contribution is 6.31. The van der Waals surface area contributed by atoms with Crippen LogP contribution in [0.5, 0.6) is 11.5 Å². The zero-order valence-corrected chi connectivity index (χ0v) is 13.3. The van der Waals surface area contributed by atoms with Gasteiger partial charge in [0.05, 0.1) is 0 Å². The maximum atomic E-state index is 6.43. The fraction of sp³-hybridized carbons (Fsp3) is 0.625. The van der Waals surface area contributed by atoms with Gasteiger partial charge >= 0.3 is 0 Å². The first-order chi connectivity index (χ1) is 9.54. The van der Waals surface area contributed by atoms with Crippen LogP contribution in [0, 0.1) is 0 Å². The second kappa shape index (κ2) is 6.68. The van der Waals surface area contributed by atoms with Gasteiger partial charge in [0, 0.05) is 11.1 Å². The number of fused-ring (bicyclic) bond motifs is 1. The number of nitrogens with one attached hydrogen (secondary N) is 1. The van der Waals surface area contributed by atoms with E-state index in [9.17, 15) is 0 Å². The van der Waals surface area contributed by atoms with Crippen molar-refractivity contribution in [1.29, 1.82) is 0 Å². The van der Waals surface area contributed by atoms with E-state index in [4.69, 9.17) is 21.1 Å². The molecule has 0 aliphatic carbocycles. The zero-order valence-electron chi connectivity index (χ0n) is 12.6. The van der Waals surface area contributed by atoms with Gasteiger partial charge in [-0.2, -0.15) is 0 Å². The molecule has 0 amide bonds. The molecule has 0 saturated heterocycles. The highest BCUT2D eigenvalue weighted by atomic mass is 35.5. The number of ether oxygens (including phenoxy) is 2. The summed E-state index contributed by atoms with van der Waals surface area (Å²) < 4.78 is 11.2. The van der Waals surface area contributed by atoms with Crippen molar-refractivity contribution >= 4 is 11.6 Å². The summed E-state index contributed by atoms with van der Waals surface area (Å²) in [6.07, 6.45) is 2.19. The van der Waals surface area contributed by atoms with E-state index >= 15 is 0 Å². The quantitative estimate of drug-likeness (QED) is 0.811. The summed E-state index contributed by atoms with van der Waals surface area (Å²) in [4.78, 5) is 0. The van der Waals surface area contributed by atoms with Crippen molar-refractivity contribution in [3.05, 3.63) is 22.7 Å². The van der Waals surface area contributed by atoms with Crippen LogP contribution >= 0.6 is 11.6 Å². The summed E-state index contributed by atoms with van der Waals surface area (Å²) in [6.45, 7) is 9.86. The monoisotopic (exact) mass is 297 g/mol. The van der Waals surface area contributed by atoms with Gasteiger partial charge in [-0.15, -0.1) is 0 Å². The number of halogens is 1. The van der Waals surface area contributed by atoms with Crippen LogP contribution < -0.4 is 14.8 Å². The van der Waals surface area contributed by atoms with Gasteiger partial charge in [0.15, 0.2) is 11.5 Å². The lowest BCUT2D eigenvalue weighted by atomic mass is 9.81. The average Bonchev–Trinajstić information content (AvgIpc) is 2.43. The Morgan fingerprint density at radius 3 is 2.45 bits per heavy atom. The molecule has 0 atom stereocenters. The molecular formula is C16H24ClNO2. The van der Waals surface area contributed by atoms with Gasteiger partial charge in [0.1, 0.15) is 13.2 Å². The van der Waals surface area contributed by atoms with Crippen molar-refractivity contribution in [3.63, 3.8) is 0 Å². The minimum Gasteiger partial charge on any atom is -0.486 e. The summed E-state index contributed by atoms with van der Waals surface area (Å²) >= 11 is 6.43. The third kappa shape index (κ3) is 3.58. The summed E-state index contributed by atoms with van der Waals surface area (Å²) in [5.74, 6) is 1.56. The Morgan fingerprint density at radius 2 is 1.80 bits per heavy atom. The van der Waals surface area contributed by atoms with Crippen molar-refractivity contribution in [3.8, 4) is 11.5 Å². The smallest absolute Gasteiger partial charge is 0.162 e. The van der Waals surface area contributed by atoms with E-state index in [0.29, 0.717) is 13.2 Å². The van der Waals surface area contributed by atoms with Gasteiger partial charge in [0.25, 0.3) is 0 Å².